The Morgan fingerprint density at radius 3 is 2.53 bits per heavy atom. The van der Waals surface area contributed by atoms with Gasteiger partial charge >= 0.3 is 0 Å². The normalized spacial score (nSPS) is 26.4. The Morgan fingerprint density at radius 2 is 1.95 bits per heavy atom. The lowest BCUT2D eigenvalue weighted by molar-refractivity contribution is 0.0983. The molecule has 1 aliphatic heterocycles. The lowest BCUT2D eigenvalue weighted by atomic mass is 9.87. The number of nitrogens with two attached hydrogens (primary N) is 1. The molecule has 1 fully saturated rings. The zero-order valence-electron chi connectivity index (χ0n) is 12.8. The second-order valence-corrected chi connectivity index (χ2v) is 6.33. The maximum absolute atomic E-state index is 6.06. The summed E-state index contributed by atoms with van der Waals surface area (Å²) < 4.78 is 0. The first-order valence-corrected chi connectivity index (χ1v) is 7.54. The third-order valence-electron chi connectivity index (χ3n) is 4.95. The van der Waals surface area contributed by atoms with E-state index in [0.717, 1.165) is 11.8 Å². The molecular formula is C17H28N2. The van der Waals surface area contributed by atoms with Crippen LogP contribution in [0.15, 0.2) is 18.2 Å². The van der Waals surface area contributed by atoms with Gasteiger partial charge in [-0.3, -0.25) is 4.90 Å². The van der Waals surface area contributed by atoms with E-state index >= 15 is 0 Å². The minimum absolute atomic E-state index is 0.384. The van der Waals surface area contributed by atoms with Crippen molar-refractivity contribution in [1.29, 1.82) is 0 Å². The van der Waals surface area contributed by atoms with Gasteiger partial charge in [0.05, 0.1) is 0 Å². The van der Waals surface area contributed by atoms with Crippen LogP contribution in [0, 0.1) is 25.7 Å². The quantitative estimate of drug-likeness (QED) is 0.903. The van der Waals surface area contributed by atoms with Gasteiger partial charge in [0.2, 0.25) is 0 Å². The molecule has 106 valence electrons. The Kier molecular flexibility index (Phi) is 4.64. The second-order valence-electron chi connectivity index (χ2n) is 6.33. The fourth-order valence-corrected chi connectivity index (χ4v) is 3.05. The van der Waals surface area contributed by atoms with E-state index in [1.807, 2.05) is 0 Å². The average molecular weight is 260 g/mol. The lowest BCUT2D eigenvalue weighted by Crippen LogP contribution is -2.43. The molecule has 19 heavy (non-hydrogen) atoms. The molecule has 1 aromatic rings. The number of piperidine rings is 1. The van der Waals surface area contributed by atoms with E-state index in [9.17, 15) is 0 Å². The van der Waals surface area contributed by atoms with Gasteiger partial charge in [-0.15, -0.1) is 0 Å². The number of likely N-dealkylation sites (tertiary alicyclic amines) is 1. The molecule has 2 nitrogen and oxygen atoms in total. The Bertz CT molecular complexity index is 427. The highest BCUT2D eigenvalue weighted by Gasteiger charge is 2.27. The molecule has 1 saturated heterocycles. The van der Waals surface area contributed by atoms with Gasteiger partial charge in [-0.2, -0.15) is 0 Å². The fraction of sp³-hybridized carbons (Fsp3) is 0.647. The van der Waals surface area contributed by atoms with E-state index in [1.165, 1.54) is 36.2 Å². The number of hydrogen-bond acceptors (Lipinski definition) is 2. The number of rotatable bonds is 3. The summed E-state index contributed by atoms with van der Waals surface area (Å²) in [5.74, 6) is 1.61. The number of hydrogen-bond donors (Lipinski definition) is 1. The van der Waals surface area contributed by atoms with E-state index < -0.39 is 0 Å². The minimum Gasteiger partial charge on any atom is -0.329 e. The van der Waals surface area contributed by atoms with Crippen LogP contribution in [0.5, 0.6) is 0 Å². The first kappa shape index (κ1) is 14.5. The topological polar surface area (TPSA) is 29.3 Å². The molecule has 1 aliphatic rings. The predicted octanol–water partition coefficient (Wildman–Crippen LogP) is 3.28. The van der Waals surface area contributed by atoms with Crippen molar-refractivity contribution in [3.63, 3.8) is 0 Å². The van der Waals surface area contributed by atoms with E-state index in [2.05, 4.69) is 50.8 Å². The molecule has 0 amide bonds. The number of aryl methyl sites for hydroxylation is 2. The third-order valence-corrected chi connectivity index (χ3v) is 4.95. The average Bonchev–Trinajstić information content (AvgIpc) is 2.39. The van der Waals surface area contributed by atoms with Crippen molar-refractivity contribution in [3.8, 4) is 0 Å². The summed E-state index contributed by atoms with van der Waals surface area (Å²) in [5, 5.41) is 0. The third kappa shape index (κ3) is 3.18. The lowest BCUT2D eigenvalue weighted by Gasteiger charge is -2.40. The Hall–Kier alpha value is -0.860. The Balaban J connectivity index is 2.17. The molecule has 0 bridgehead atoms. The fourth-order valence-electron chi connectivity index (χ4n) is 3.05. The van der Waals surface area contributed by atoms with Crippen molar-refractivity contribution in [3.05, 3.63) is 34.9 Å². The molecule has 0 saturated carbocycles. The maximum atomic E-state index is 6.06. The summed E-state index contributed by atoms with van der Waals surface area (Å²) in [6.45, 7) is 12.2. The first-order valence-electron chi connectivity index (χ1n) is 7.54. The zero-order chi connectivity index (χ0) is 14.0. The molecule has 2 N–H and O–H groups in total. The Labute approximate surface area is 118 Å². The molecule has 1 aromatic carbocycles. The molecule has 2 heteroatoms. The zero-order valence-corrected chi connectivity index (χ0v) is 12.8. The van der Waals surface area contributed by atoms with Gasteiger partial charge in [0, 0.05) is 19.1 Å². The summed E-state index contributed by atoms with van der Waals surface area (Å²) in [5.41, 5.74) is 10.2. The summed E-state index contributed by atoms with van der Waals surface area (Å²) in [6.07, 6.45) is 1.29. The highest BCUT2D eigenvalue weighted by Crippen LogP contribution is 2.30. The van der Waals surface area contributed by atoms with Crippen LogP contribution in [0.3, 0.4) is 0 Å². The van der Waals surface area contributed by atoms with Gasteiger partial charge in [0.15, 0.2) is 0 Å². The Morgan fingerprint density at radius 1 is 1.21 bits per heavy atom. The maximum Gasteiger partial charge on any atom is 0.0470 e. The molecule has 1 heterocycles. The molecule has 0 aromatic heterocycles. The SMILES string of the molecule is Cc1ccc(C(CN)N2CCC(C)C(C)C2)cc1C. The van der Waals surface area contributed by atoms with Crippen LogP contribution in [0.2, 0.25) is 0 Å². The monoisotopic (exact) mass is 260 g/mol. The van der Waals surface area contributed by atoms with Crippen LogP contribution in [-0.4, -0.2) is 24.5 Å². The highest BCUT2D eigenvalue weighted by molar-refractivity contribution is 5.32. The van der Waals surface area contributed by atoms with E-state index in [1.54, 1.807) is 0 Å². The number of benzene rings is 1. The summed E-state index contributed by atoms with van der Waals surface area (Å²) in [6, 6.07) is 7.18. The van der Waals surface area contributed by atoms with Crippen LogP contribution in [0.4, 0.5) is 0 Å². The van der Waals surface area contributed by atoms with Crippen molar-refractivity contribution in [2.75, 3.05) is 19.6 Å². The van der Waals surface area contributed by atoms with Crippen molar-refractivity contribution in [2.24, 2.45) is 17.6 Å². The summed E-state index contributed by atoms with van der Waals surface area (Å²) >= 11 is 0. The molecule has 3 unspecified atom stereocenters. The highest BCUT2D eigenvalue weighted by atomic mass is 15.2. The van der Waals surface area contributed by atoms with Crippen LogP contribution in [-0.2, 0) is 0 Å². The van der Waals surface area contributed by atoms with Crippen molar-refractivity contribution >= 4 is 0 Å². The van der Waals surface area contributed by atoms with E-state index in [-0.39, 0.29) is 0 Å². The minimum atomic E-state index is 0.384. The molecule has 2 rings (SSSR count). The van der Waals surface area contributed by atoms with Crippen LogP contribution in [0.1, 0.15) is 43.0 Å². The standard InChI is InChI=1S/C17H28N2/c1-12-5-6-16(9-14(12)3)17(10-18)19-8-7-13(2)15(4)11-19/h5-6,9,13,15,17H,7-8,10-11,18H2,1-4H3. The van der Waals surface area contributed by atoms with Gasteiger partial charge in [0.25, 0.3) is 0 Å². The van der Waals surface area contributed by atoms with E-state index in [0.29, 0.717) is 12.6 Å². The molecule has 0 aliphatic carbocycles. The van der Waals surface area contributed by atoms with Crippen LogP contribution < -0.4 is 5.73 Å². The van der Waals surface area contributed by atoms with Crippen molar-refractivity contribution in [1.82, 2.24) is 4.90 Å². The largest absolute Gasteiger partial charge is 0.329 e. The van der Waals surface area contributed by atoms with Gasteiger partial charge < -0.3 is 5.73 Å². The van der Waals surface area contributed by atoms with Crippen molar-refractivity contribution < 1.29 is 0 Å². The van der Waals surface area contributed by atoms with Gasteiger partial charge in [-0.05, 0) is 55.3 Å². The molecule has 3 atom stereocenters. The molecule has 0 radical (unpaired) electrons. The first-order chi connectivity index (χ1) is 9.02. The smallest absolute Gasteiger partial charge is 0.0470 e. The second kappa shape index (κ2) is 6.06. The molecule has 0 spiro atoms. The summed E-state index contributed by atoms with van der Waals surface area (Å²) in [4.78, 5) is 2.58. The van der Waals surface area contributed by atoms with Crippen LogP contribution >= 0.6 is 0 Å². The summed E-state index contributed by atoms with van der Waals surface area (Å²) in [7, 11) is 0. The van der Waals surface area contributed by atoms with Crippen LogP contribution in [0.25, 0.3) is 0 Å². The van der Waals surface area contributed by atoms with Crippen molar-refractivity contribution in [2.45, 2.75) is 40.2 Å². The van der Waals surface area contributed by atoms with Gasteiger partial charge in [0.1, 0.15) is 0 Å². The van der Waals surface area contributed by atoms with E-state index in [4.69, 9.17) is 5.73 Å². The van der Waals surface area contributed by atoms with Gasteiger partial charge in [-0.1, -0.05) is 32.0 Å². The number of nitrogens with zero attached hydrogens (tertiary/aromatic N) is 1. The van der Waals surface area contributed by atoms with Gasteiger partial charge in [-0.25, -0.2) is 0 Å². The predicted molar refractivity (Wildman–Crippen MR) is 82.2 cm³/mol. The molecular weight excluding hydrogens is 232 g/mol.